The molecule has 0 spiro atoms. The third kappa shape index (κ3) is 6.19. The van der Waals surface area contributed by atoms with Gasteiger partial charge in [0.2, 0.25) is 0 Å². The molecule has 3 heterocycles. The fraction of sp³-hybridized carbons (Fsp3) is 0.333. The molecule has 0 bridgehead atoms. The molecule has 1 atom stereocenters. The lowest BCUT2D eigenvalue weighted by molar-refractivity contribution is -0.120. The lowest BCUT2D eigenvalue weighted by Gasteiger charge is -2.21. The van der Waals surface area contributed by atoms with Crippen molar-refractivity contribution in [2.24, 2.45) is 7.05 Å². The fourth-order valence-corrected chi connectivity index (χ4v) is 5.55. The van der Waals surface area contributed by atoms with E-state index in [1.54, 1.807) is 16.9 Å². The maximum absolute atomic E-state index is 14.3. The SMILES string of the molecule is CC.Cc1cc(F)cc(C[C@H](CC(=O)Cn2ccc(C)n2)c2ncccc2-c2ccc(C)c3c(C)nn(C)c23)c1.[2HH]. The second-order valence-electron chi connectivity index (χ2n) is 10.2. The second kappa shape index (κ2) is 12.4. The molecule has 0 saturated carbocycles. The van der Waals surface area contributed by atoms with Crippen LogP contribution in [0.5, 0.6) is 0 Å². The summed E-state index contributed by atoms with van der Waals surface area (Å²) >= 11 is 0. The van der Waals surface area contributed by atoms with Crippen molar-refractivity contribution in [3.8, 4) is 11.1 Å². The number of ketones is 1. The Labute approximate surface area is 237 Å². The van der Waals surface area contributed by atoms with Crippen LogP contribution in [0.3, 0.4) is 0 Å². The number of halogens is 1. The van der Waals surface area contributed by atoms with Crippen molar-refractivity contribution in [3.05, 3.63) is 101 Å². The minimum atomic E-state index is -0.274. The molecule has 210 valence electrons. The van der Waals surface area contributed by atoms with Gasteiger partial charge in [0.25, 0.3) is 0 Å². The average molecular weight is 543 g/mol. The maximum Gasteiger partial charge on any atom is 0.154 e. The first-order valence-corrected chi connectivity index (χ1v) is 13.9. The van der Waals surface area contributed by atoms with Crippen LogP contribution in [-0.4, -0.2) is 30.3 Å². The Balaban J connectivity index is 0.00000151. The van der Waals surface area contributed by atoms with E-state index in [0.717, 1.165) is 55.8 Å². The summed E-state index contributed by atoms with van der Waals surface area (Å²) in [5.41, 5.74) is 8.54. The number of nitrogens with zero attached hydrogens (tertiary/aromatic N) is 5. The Kier molecular flexibility index (Phi) is 8.93. The van der Waals surface area contributed by atoms with Crippen LogP contribution in [0.25, 0.3) is 22.0 Å². The zero-order chi connectivity index (χ0) is 29.0. The number of carbonyl (C=O) groups is 1. The zero-order valence-electron chi connectivity index (χ0n) is 24.5. The van der Waals surface area contributed by atoms with Gasteiger partial charge in [-0.3, -0.25) is 19.1 Å². The smallest absolute Gasteiger partial charge is 0.154 e. The molecule has 3 aromatic heterocycles. The molecule has 0 aliphatic carbocycles. The van der Waals surface area contributed by atoms with E-state index >= 15 is 0 Å². The molecule has 7 heteroatoms. The summed E-state index contributed by atoms with van der Waals surface area (Å²) in [5.74, 6) is -0.473. The highest BCUT2D eigenvalue weighted by atomic mass is 19.1. The van der Waals surface area contributed by atoms with E-state index in [0.29, 0.717) is 6.42 Å². The van der Waals surface area contributed by atoms with Crippen molar-refractivity contribution < 1.29 is 10.6 Å². The van der Waals surface area contributed by atoms with Crippen molar-refractivity contribution in [3.63, 3.8) is 0 Å². The van der Waals surface area contributed by atoms with Crippen LogP contribution in [0.1, 0.15) is 61.4 Å². The van der Waals surface area contributed by atoms with E-state index < -0.39 is 0 Å². The topological polar surface area (TPSA) is 65.6 Å². The molecule has 0 amide bonds. The Bertz CT molecular complexity index is 1630. The van der Waals surface area contributed by atoms with Gasteiger partial charge in [0.15, 0.2) is 5.78 Å². The van der Waals surface area contributed by atoms with Gasteiger partial charge in [0.1, 0.15) is 5.82 Å². The lowest BCUT2D eigenvalue weighted by Crippen LogP contribution is -2.17. The van der Waals surface area contributed by atoms with Crippen molar-refractivity contribution >= 4 is 16.7 Å². The summed E-state index contributed by atoms with van der Waals surface area (Å²) in [6, 6.07) is 15.1. The maximum atomic E-state index is 14.3. The van der Waals surface area contributed by atoms with Gasteiger partial charge in [-0.1, -0.05) is 38.1 Å². The minimum Gasteiger partial charge on any atom is -0.298 e. The van der Waals surface area contributed by atoms with Gasteiger partial charge in [-0.15, -0.1) is 0 Å². The van der Waals surface area contributed by atoms with Gasteiger partial charge in [0.05, 0.1) is 29.1 Å². The summed E-state index contributed by atoms with van der Waals surface area (Å²) < 4.78 is 17.9. The molecule has 0 aliphatic rings. The van der Waals surface area contributed by atoms with Gasteiger partial charge in [-0.25, -0.2) is 4.39 Å². The quantitative estimate of drug-likeness (QED) is 0.204. The lowest BCUT2D eigenvalue weighted by atomic mass is 9.86. The first kappa shape index (κ1) is 28.9. The third-order valence-electron chi connectivity index (χ3n) is 7.06. The van der Waals surface area contributed by atoms with E-state index in [9.17, 15) is 9.18 Å². The van der Waals surface area contributed by atoms with Gasteiger partial charge in [0, 0.05) is 49.7 Å². The van der Waals surface area contributed by atoms with Crippen molar-refractivity contribution in [1.29, 1.82) is 0 Å². The van der Waals surface area contributed by atoms with Gasteiger partial charge < -0.3 is 0 Å². The Morgan fingerprint density at radius 2 is 1.77 bits per heavy atom. The van der Waals surface area contributed by atoms with E-state index in [2.05, 4.69) is 35.3 Å². The summed E-state index contributed by atoms with van der Waals surface area (Å²) in [6.45, 7) is 12.1. The highest BCUT2D eigenvalue weighted by Gasteiger charge is 2.24. The normalized spacial score (nSPS) is 11.8. The largest absolute Gasteiger partial charge is 0.298 e. The number of aromatic nitrogens is 5. The van der Waals surface area contributed by atoms with Crippen molar-refractivity contribution in [2.45, 2.75) is 66.8 Å². The zero-order valence-corrected chi connectivity index (χ0v) is 24.5. The second-order valence-corrected chi connectivity index (χ2v) is 10.2. The molecule has 0 aliphatic heterocycles. The predicted molar refractivity (Wildman–Crippen MR) is 161 cm³/mol. The Morgan fingerprint density at radius 3 is 2.48 bits per heavy atom. The third-order valence-corrected chi connectivity index (χ3v) is 7.06. The van der Waals surface area contributed by atoms with Crippen LogP contribution in [-0.2, 0) is 24.8 Å². The van der Waals surface area contributed by atoms with E-state index in [1.165, 1.54) is 6.07 Å². The monoisotopic (exact) mass is 542 g/mol. The molecule has 0 unspecified atom stereocenters. The number of hydrogen-bond donors (Lipinski definition) is 0. The molecular formula is C33H40FN5O. The van der Waals surface area contributed by atoms with Crippen LogP contribution in [0.2, 0.25) is 0 Å². The Hall–Kier alpha value is -4.13. The molecule has 5 rings (SSSR count). The van der Waals surface area contributed by atoms with Crippen LogP contribution in [0.15, 0.2) is 60.9 Å². The molecular weight excluding hydrogens is 501 g/mol. The molecule has 0 N–H and O–H groups in total. The van der Waals surface area contributed by atoms with Crippen LogP contribution >= 0.6 is 0 Å². The number of benzene rings is 2. The number of pyridine rings is 1. The van der Waals surface area contributed by atoms with E-state index in [4.69, 9.17) is 4.98 Å². The number of fused-ring (bicyclic) bond motifs is 1. The first-order valence-electron chi connectivity index (χ1n) is 13.9. The molecule has 6 nitrogen and oxygen atoms in total. The molecule has 40 heavy (non-hydrogen) atoms. The Morgan fingerprint density at radius 1 is 1.00 bits per heavy atom. The van der Waals surface area contributed by atoms with Crippen molar-refractivity contribution in [2.75, 3.05) is 0 Å². The molecule has 0 radical (unpaired) electrons. The number of hydrogen-bond acceptors (Lipinski definition) is 4. The molecule has 5 aromatic rings. The van der Waals surface area contributed by atoms with Gasteiger partial charge in [-0.05, 0) is 75.1 Å². The molecule has 0 fully saturated rings. The average Bonchev–Trinajstić information content (AvgIpc) is 3.46. The standard InChI is InChI=1S/C31H32FN5O.C2H6.H2/c1-19-13-23(16-25(32)14-19)15-24(17-26(38)18-37-12-10-21(3)34-37)30-27(7-6-11-33-30)28-9-8-20(2)29-22(4)35-36(5)31(28)29;1-2;/h6-14,16,24H,15,17-18H2,1-5H3;1-2H3;1H/t24-;;/m1../s1/i;;1+1. The van der Waals surface area contributed by atoms with Gasteiger partial charge >= 0.3 is 0 Å². The summed E-state index contributed by atoms with van der Waals surface area (Å²) in [4.78, 5) is 18.1. The summed E-state index contributed by atoms with van der Waals surface area (Å²) in [7, 11) is 1.96. The van der Waals surface area contributed by atoms with Gasteiger partial charge in [-0.2, -0.15) is 10.2 Å². The molecule has 0 saturated heterocycles. The number of rotatable bonds is 8. The van der Waals surface area contributed by atoms with E-state index in [-0.39, 0.29) is 31.9 Å². The van der Waals surface area contributed by atoms with Crippen LogP contribution in [0, 0.1) is 33.5 Å². The minimum absolute atomic E-state index is 0. The fourth-order valence-electron chi connectivity index (χ4n) is 5.55. The first-order chi connectivity index (χ1) is 19.2. The highest BCUT2D eigenvalue weighted by Crippen LogP contribution is 2.37. The number of carbonyl (C=O) groups excluding carboxylic acids is 1. The summed E-state index contributed by atoms with van der Waals surface area (Å²) in [5, 5.41) is 10.2. The highest BCUT2D eigenvalue weighted by molar-refractivity contribution is 5.98. The number of aryl methyl sites for hydroxylation is 5. The van der Waals surface area contributed by atoms with Crippen molar-refractivity contribution in [1.82, 2.24) is 24.5 Å². The van der Waals surface area contributed by atoms with Crippen LogP contribution < -0.4 is 0 Å². The van der Waals surface area contributed by atoms with E-state index in [1.807, 2.05) is 70.7 Å². The summed E-state index contributed by atoms with van der Waals surface area (Å²) in [6.07, 6.45) is 4.34. The predicted octanol–water partition coefficient (Wildman–Crippen LogP) is 7.46. The van der Waals surface area contributed by atoms with Crippen LogP contribution in [0.4, 0.5) is 4.39 Å². The molecule has 2 aromatic carbocycles. The number of Topliss-reactive ketones (excluding diaryl/α,β-unsaturated/α-hetero) is 1.